The highest BCUT2D eigenvalue weighted by atomic mass is 32.2. The van der Waals surface area contributed by atoms with Gasteiger partial charge >= 0.3 is 0 Å². The maximum absolute atomic E-state index is 12.7. The fourth-order valence-corrected chi connectivity index (χ4v) is 4.57. The number of carbonyl (C=O) groups is 2. The summed E-state index contributed by atoms with van der Waals surface area (Å²) in [6.45, 7) is 0. The molecule has 4 rings (SSSR count). The molecule has 0 unspecified atom stereocenters. The van der Waals surface area contributed by atoms with Gasteiger partial charge in [-0.05, 0) is 24.6 Å². The molecule has 0 fully saturated rings. The lowest BCUT2D eigenvalue weighted by molar-refractivity contribution is 0.103. The molecule has 0 saturated heterocycles. The summed E-state index contributed by atoms with van der Waals surface area (Å²) < 4.78 is 0. The van der Waals surface area contributed by atoms with Crippen LogP contribution < -0.4 is 10.6 Å². The summed E-state index contributed by atoms with van der Waals surface area (Å²) in [7, 11) is 0. The van der Waals surface area contributed by atoms with Crippen molar-refractivity contribution in [1.82, 2.24) is 0 Å². The quantitative estimate of drug-likeness (QED) is 0.167. The minimum Gasteiger partial charge on any atom is -0.350 e. The maximum atomic E-state index is 12.7. The van der Waals surface area contributed by atoms with Crippen molar-refractivity contribution in [2.45, 2.75) is 0 Å². The molecule has 0 atom stereocenters. The number of rotatable bonds is 10. The molecule has 4 aromatic rings. The number of anilines is 2. The third-order valence-corrected chi connectivity index (χ3v) is 6.84. The Kier molecular flexibility index (Phi) is 8.66. The van der Waals surface area contributed by atoms with Gasteiger partial charge in [-0.2, -0.15) is 0 Å². The van der Waals surface area contributed by atoms with E-state index in [1.54, 1.807) is 12.2 Å². The van der Waals surface area contributed by atoms with Crippen molar-refractivity contribution in [3.8, 4) is 0 Å². The Labute approximate surface area is 219 Å². The number of hydrogen-bond donors (Lipinski definition) is 2. The minimum absolute atomic E-state index is 0.0483. The van der Waals surface area contributed by atoms with Gasteiger partial charge in [0.25, 0.3) is 0 Å². The zero-order chi connectivity index (χ0) is 25.3. The Hall–Kier alpha value is -3.74. The molecule has 0 aliphatic heterocycles. The monoisotopic (exact) mass is 510 g/mol. The molecule has 0 heterocycles. The van der Waals surface area contributed by atoms with Gasteiger partial charge in [0.15, 0.2) is 11.6 Å². The molecule has 0 radical (unpaired) electrons. The van der Waals surface area contributed by atoms with E-state index in [0.29, 0.717) is 11.1 Å². The van der Waals surface area contributed by atoms with Gasteiger partial charge in [-0.1, -0.05) is 84.9 Å². The summed E-state index contributed by atoms with van der Waals surface area (Å²) in [4.78, 5) is 25.4. The molecule has 0 aliphatic carbocycles. The van der Waals surface area contributed by atoms with E-state index in [0.717, 1.165) is 32.2 Å². The van der Waals surface area contributed by atoms with Crippen LogP contribution in [-0.2, 0) is 0 Å². The van der Waals surface area contributed by atoms with Crippen LogP contribution >= 0.6 is 23.5 Å². The van der Waals surface area contributed by atoms with Crippen LogP contribution in [0.4, 0.5) is 11.4 Å². The Morgan fingerprint density at radius 1 is 0.556 bits per heavy atom. The molecule has 0 amide bonds. The molecule has 6 heteroatoms. The first-order valence-electron chi connectivity index (χ1n) is 11.3. The highest BCUT2D eigenvalue weighted by molar-refractivity contribution is 8.02. The molecule has 4 aromatic carbocycles. The van der Waals surface area contributed by atoms with Crippen molar-refractivity contribution in [2.75, 3.05) is 23.1 Å². The van der Waals surface area contributed by atoms with Crippen LogP contribution in [0.1, 0.15) is 20.7 Å². The van der Waals surface area contributed by atoms with Gasteiger partial charge in [0.2, 0.25) is 0 Å². The number of carbonyl (C=O) groups excluding carboxylic acids is 2. The average Bonchev–Trinajstić information content (AvgIpc) is 2.93. The number of thioether (sulfide) groups is 2. The van der Waals surface area contributed by atoms with Crippen molar-refractivity contribution in [3.63, 3.8) is 0 Å². The number of allylic oxidation sites excluding steroid dienone is 2. The normalized spacial score (nSPS) is 11.8. The van der Waals surface area contributed by atoms with Gasteiger partial charge in [0.05, 0.1) is 10.1 Å². The highest BCUT2D eigenvalue weighted by Gasteiger charge is 2.10. The third kappa shape index (κ3) is 6.27. The molecule has 0 saturated carbocycles. The van der Waals surface area contributed by atoms with Crippen LogP contribution in [0.5, 0.6) is 0 Å². The van der Waals surface area contributed by atoms with Crippen LogP contribution in [0, 0.1) is 0 Å². The number of benzene rings is 4. The average molecular weight is 511 g/mol. The lowest BCUT2D eigenvalue weighted by atomic mass is 10.1. The van der Waals surface area contributed by atoms with Gasteiger partial charge in [-0.25, -0.2) is 0 Å². The van der Waals surface area contributed by atoms with Crippen molar-refractivity contribution in [3.05, 3.63) is 130 Å². The summed E-state index contributed by atoms with van der Waals surface area (Å²) in [5.74, 6) is -0.0965. The molecule has 4 nitrogen and oxygen atoms in total. The molecule has 180 valence electrons. The Balaban J connectivity index is 1.61. The fourth-order valence-electron chi connectivity index (χ4n) is 3.70. The molecular formula is C30H26N2O2S2. The largest absolute Gasteiger partial charge is 0.350 e. The summed E-state index contributed by atoms with van der Waals surface area (Å²) in [5, 5.41) is 10.4. The van der Waals surface area contributed by atoms with Crippen LogP contribution in [0.3, 0.4) is 0 Å². The molecule has 0 bridgehead atoms. The standard InChI is InChI=1S/C30H26N2O2S2/c1-35-29(19-27(33)21-11-5-3-6-12-21)31-25-17-9-16-24-23(25)15-10-18-26(24)32-30(36-2)20-28(34)22-13-7-4-8-14-22/h3-20,31-32H,1-2H3/b29-19-,30-20-. The predicted molar refractivity (Wildman–Crippen MR) is 156 cm³/mol. The zero-order valence-corrected chi connectivity index (χ0v) is 21.7. The number of hydrogen-bond acceptors (Lipinski definition) is 6. The van der Waals surface area contributed by atoms with E-state index < -0.39 is 0 Å². The lowest BCUT2D eigenvalue weighted by Gasteiger charge is -2.15. The van der Waals surface area contributed by atoms with Crippen molar-refractivity contribution >= 4 is 57.2 Å². The highest BCUT2D eigenvalue weighted by Crippen LogP contribution is 2.32. The SMILES string of the molecule is CS/C(=C\C(=O)c1ccccc1)Nc1cccc2c(N/C(=C/C(=O)c3ccccc3)SC)cccc12. The fraction of sp³-hybridized carbons (Fsp3) is 0.0667. The second-order valence-electron chi connectivity index (χ2n) is 7.84. The van der Waals surface area contributed by atoms with Crippen molar-refractivity contribution in [2.24, 2.45) is 0 Å². The maximum Gasteiger partial charge on any atom is 0.188 e. The third-order valence-electron chi connectivity index (χ3n) is 5.52. The molecule has 36 heavy (non-hydrogen) atoms. The van der Waals surface area contributed by atoms with E-state index in [-0.39, 0.29) is 11.6 Å². The van der Waals surface area contributed by atoms with Crippen LogP contribution in [-0.4, -0.2) is 24.1 Å². The molecule has 2 N–H and O–H groups in total. The summed E-state index contributed by atoms with van der Waals surface area (Å²) in [6.07, 6.45) is 7.14. The van der Waals surface area contributed by atoms with E-state index >= 15 is 0 Å². The van der Waals surface area contributed by atoms with Gasteiger partial charge in [0.1, 0.15) is 0 Å². The van der Waals surface area contributed by atoms with Crippen molar-refractivity contribution < 1.29 is 9.59 Å². The van der Waals surface area contributed by atoms with Crippen molar-refractivity contribution in [1.29, 1.82) is 0 Å². The van der Waals surface area contributed by atoms with Crippen LogP contribution in [0.2, 0.25) is 0 Å². The predicted octanol–water partition coefficient (Wildman–Crippen LogP) is 7.84. The van der Waals surface area contributed by atoms with Gasteiger partial charge < -0.3 is 10.6 Å². The Bertz CT molecular complexity index is 1320. The first-order valence-corrected chi connectivity index (χ1v) is 13.8. The Morgan fingerprint density at radius 3 is 1.31 bits per heavy atom. The number of ketones is 2. The summed E-state index contributed by atoms with van der Waals surface area (Å²) >= 11 is 2.97. The molecule has 0 spiro atoms. The van der Waals surface area contributed by atoms with Gasteiger partial charge in [0, 0.05) is 45.4 Å². The van der Waals surface area contributed by atoms with Crippen LogP contribution in [0.25, 0.3) is 10.8 Å². The van der Waals surface area contributed by atoms with E-state index in [9.17, 15) is 9.59 Å². The van der Waals surface area contributed by atoms with E-state index in [2.05, 4.69) is 10.6 Å². The summed E-state index contributed by atoms with van der Waals surface area (Å²) in [6, 6.07) is 30.5. The molecule has 0 aromatic heterocycles. The minimum atomic E-state index is -0.0483. The van der Waals surface area contributed by atoms with E-state index in [4.69, 9.17) is 0 Å². The zero-order valence-electron chi connectivity index (χ0n) is 20.0. The lowest BCUT2D eigenvalue weighted by Crippen LogP contribution is -2.03. The van der Waals surface area contributed by atoms with E-state index in [1.165, 1.54) is 23.5 Å². The topological polar surface area (TPSA) is 58.2 Å². The van der Waals surface area contributed by atoms with Crippen LogP contribution in [0.15, 0.2) is 119 Å². The first kappa shape index (κ1) is 25.4. The summed E-state index contributed by atoms with van der Waals surface area (Å²) in [5.41, 5.74) is 3.09. The Morgan fingerprint density at radius 2 is 0.944 bits per heavy atom. The van der Waals surface area contributed by atoms with E-state index in [1.807, 2.05) is 110 Å². The second kappa shape index (κ2) is 12.3. The number of nitrogens with one attached hydrogen (secondary N) is 2. The molecular weight excluding hydrogens is 484 g/mol. The smallest absolute Gasteiger partial charge is 0.188 e. The number of fused-ring (bicyclic) bond motifs is 1. The second-order valence-corrected chi connectivity index (χ2v) is 9.54. The molecule has 0 aliphatic rings. The van der Waals surface area contributed by atoms with Gasteiger partial charge in [-0.3, -0.25) is 9.59 Å². The van der Waals surface area contributed by atoms with Gasteiger partial charge in [-0.15, -0.1) is 23.5 Å². The first-order chi connectivity index (χ1) is 17.6.